The van der Waals surface area contributed by atoms with Gasteiger partial charge in [0.1, 0.15) is 22.2 Å². The number of benzene rings is 1. The fourth-order valence-electron chi connectivity index (χ4n) is 4.02. The molecule has 1 aromatic carbocycles. The molecule has 8 heteroatoms. The zero-order valence-electron chi connectivity index (χ0n) is 17.6. The number of anilines is 2. The second-order valence-corrected chi connectivity index (χ2v) is 9.10. The first-order valence-electron chi connectivity index (χ1n) is 10.1. The number of nitrogens with zero attached hydrogens (tertiary/aromatic N) is 3. The van der Waals surface area contributed by atoms with Gasteiger partial charge in [0.15, 0.2) is 0 Å². The van der Waals surface area contributed by atoms with E-state index in [2.05, 4.69) is 22.1 Å². The Hall–Kier alpha value is -2.38. The second kappa shape index (κ2) is 8.40. The summed E-state index contributed by atoms with van der Waals surface area (Å²) in [5.74, 6) is 2.02. The number of carbonyl (C=O) groups is 1. The monoisotopic (exact) mass is 444 g/mol. The number of thiophene rings is 1. The van der Waals surface area contributed by atoms with Gasteiger partial charge in [-0.1, -0.05) is 11.6 Å². The van der Waals surface area contributed by atoms with Crippen LogP contribution in [0.25, 0.3) is 10.2 Å². The normalized spacial score (nSPS) is 16.7. The van der Waals surface area contributed by atoms with Crippen LogP contribution in [0, 0.1) is 13.8 Å². The molecular weight excluding hydrogens is 420 g/mol. The quantitative estimate of drug-likeness (QED) is 0.567. The molecule has 0 aliphatic carbocycles. The van der Waals surface area contributed by atoms with Crippen molar-refractivity contribution in [1.29, 1.82) is 0 Å². The van der Waals surface area contributed by atoms with Crippen molar-refractivity contribution >= 4 is 50.6 Å². The van der Waals surface area contributed by atoms with Gasteiger partial charge in [-0.25, -0.2) is 9.97 Å². The summed E-state index contributed by atoms with van der Waals surface area (Å²) in [5, 5.41) is 4.45. The van der Waals surface area contributed by atoms with Crippen molar-refractivity contribution in [3.8, 4) is 5.75 Å². The highest BCUT2D eigenvalue weighted by Crippen LogP contribution is 2.38. The lowest BCUT2D eigenvalue weighted by atomic mass is 10.0. The number of ether oxygens (including phenoxy) is 1. The van der Waals surface area contributed by atoms with Crippen molar-refractivity contribution < 1.29 is 9.53 Å². The van der Waals surface area contributed by atoms with Gasteiger partial charge in [0.05, 0.1) is 23.1 Å². The molecule has 0 radical (unpaired) electrons. The van der Waals surface area contributed by atoms with Crippen LogP contribution >= 0.6 is 22.9 Å². The molecule has 1 atom stereocenters. The summed E-state index contributed by atoms with van der Waals surface area (Å²) in [4.78, 5) is 26.4. The van der Waals surface area contributed by atoms with Crippen LogP contribution in [0.15, 0.2) is 18.2 Å². The van der Waals surface area contributed by atoms with Crippen LogP contribution in [0.2, 0.25) is 5.02 Å². The maximum atomic E-state index is 13.2. The predicted molar refractivity (Wildman–Crippen MR) is 124 cm³/mol. The minimum Gasteiger partial charge on any atom is -0.495 e. The zero-order valence-corrected chi connectivity index (χ0v) is 19.2. The molecule has 0 unspecified atom stereocenters. The lowest BCUT2D eigenvalue weighted by Crippen LogP contribution is -2.38. The topological polar surface area (TPSA) is 67.3 Å². The molecule has 1 aliphatic rings. The van der Waals surface area contributed by atoms with Gasteiger partial charge in [0.25, 0.3) is 5.91 Å². The number of halogens is 1. The van der Waals surface area contributed by atoms with Crippen molar-refractivity contribution in [2.45, 2.75) is 46.1 Å². The van der Waals surface area contributed by atoms with Crippen LogP contribution in [0.5, 0.6) is 5.75 Å². The van der Waals surface area contributed by atoms with Crippen molar-refractivity contribution in [3.63, 3.8) is 0 Å². The average Bonchev–Trinajstić information content (AvgIpc) is 3.04. The molecule has 0 bridgehead atoms. The van der Waals surface area contributed by atoms with Gasteiger partial charge < -0.3 is 15.0 Å². The maximum Gasteiger partial charge on any atom is 0.266 e. The lowest BCUT2D eigenvalue weighted by Gasteiger charge is -2.35. The van der Waals surface area contributed by atoms with Crippen molar-refractivity contribution in [3.05, 3.63) is 39.5 Å². The Morgan fingerprint density at radius 3 is 2.83 bits per heavy atom. The number of piperidine rings is 1. The van der Waals surface area contributed by atoms with Gasteiger partial charge in [-0.2, -0.15) is 0 Å². The third-order valence-corrected chi connectivity index (χ3v) is 6.99. The van der Waals surface area contributed by atoms with E-state index in [1.807, 2.05) is 13.8 Å². The summed E-state index contributed by atoms with van der Waals surface area (Å²) in [6.45, 7) is 7.09. The molecule has 3 aromatic rings. The van der Waals surface area contributed by atoms with Gasteiger partial charge in [0, 0.05) is 17.6 Å². The summed E-state index contributed by atoms with van der Waals surface area (Å²) >= 11 is 7.51. The summed E-state index contributed by atoms with van der Waals surface area (Å²) in [6.07, 6.45) is 3.54. The number of hydrogen-bond acceptors (Lipinski definition) is 6. The molecular formula is C22H25ClN4O2S. The molecule has 1 N–H and O–H groups in total. The lowest BCUT2D eigenvalue weighted by molar-refractivity contribution is 0.102. The molecule has 6 nitrogen and oxygen atoms in total. The maximum absolute atomic E-state index is 13.2. The van der Waals surface area contributed by atoms with Crippen LogP contribution in [0.3, 0.4) is 0 Å². The summed E-state index contributed by atoms with van der Waals surface area (Å²) in [7, 11) is 1.56. The molecule has 30 heavy (non-hydrogen) atoms. The van der Waals surface area contributed by atoms with Crippen LogP contribution in [0.4, 0.5) is 11.5 Å². The Bertz CT molecular complexity index is 1110. The summed E-state index contributed by atoms with van der Waals surface area (Å²) in [5.41, 5.74) is 1.44. The number of aromatic nitrogens is 2. The highest BCUT2D eigenvalue weighted by molar-refractivity contribution is 7.20. The summed E-state index contributed by atoms with van der Waals surface area (Å²) < 4.78 is 5.35. The number of amides is 1. The fourth-order valence-corrected chi connectivity index (χ4v) is 5.30. The Morgan fingerprint density at radius 1 is 1.30 bits per heavy atom. The number of aryl methyl sites for hydroxylation is 2. The predicted octanol–water partition coefficient (Wildman–Crippen LogP) is 5.60. The number of rotatable bonds is 4. The molecule has 1 saturated heterocycles. The van der Waals surface area contributed by atoms with Gasteiger partial charge in [0.2, 0.25) is 0 Å². The Morgan fingerprint density at radius 2 is 2.10 bits per heavy atom. The molecule has 0 saturated carbocycles. The Kier molecular flexibility index (Phi) is 5.84. The molecule has 158 valence electrons. The summed E-state index contributed by atoms with van der Waals surface area (Å²) in [6, 6.07) is 5.57. The molecule has 1 fully saturated rings. The standard InChI is InChI=1S/C22H25ClN4O2S/c1-12-7-5-6-10-27(12)20-18-13(2)19(30-22(18)25-14(3)24-20)21(28)26-16-11-15(23)8-9-17(16)29-4/h8-9,11-12H,5-7,10H2,1-4H3,(H,26,28)/t12-/m1/s1. The van der Waals surface area contributed by atoms with E-state index in [-0.39, 0.29) is 5.91 Å². The third kappa shape index (κ3) is 3.84. The van der Waals surface area contributed by atoms with E-state index in [1.165, 1.54) is 17.8 Å². The van der Waals surface area contributed by atoms with Gasteiger partial charge in [-0.05, 0) is 63.8 Å². The van der Waals surface area contributed by atoms with Crippen LogP contribution in [0.1, 0.15) is 47.2 Å². The zero-order chi connectivity index (χ0) is 21.4. The van der Waals surface area contributed by atoms with E-state index in [0.29, 0.717) is 27.4 Å². The first-order valence-corrected chi connectivity index (χ1v) is 11.3. The third-order valence-electron chi connectivity index (χ3n) is 5.57. The first-order chi connectivity index (χ1) is 14.4. The van der Waals surface area contributed by atoms with Crippen LogP contribution < -0.4 is 15.0 Å². The highest BCUT2D eigenvalue weighted by Gasteiger charge is 2.26. The van der Waals surface area contributed by atoms with Gasteiger partial charge in [-0.15, -0.1) is 11.3 Å². The second-order valence-electron chi connectivity index (χ2n) is 7.67. The number of hydrogen-bond donors (Lipinski definition) is 1. The molecule has 2 aromatic heterocycles. The van der Waals surface area contributed by atoms with E-state index >= 15 is 0 Å². The molecule has 1 amide bonds. The van der Waals surface area contributed by atoms with E-state index in [0.717, 1.165) is 46.8 Å². The van der Waals surface area contributed by atoms with Crippen molar-refractivity contribution in [2.24, 2.45) is 0 Å². The number of nitrogens with one attached hydrogen (secondary N) is 1. The fraction of sp³-hybridized carbons (Fsp3) is 0.409. The average molecular weight is 445 g/mol. The van der Waals surface area contributed by atoms with Crippen molar-refractivity contribution in [2.75, 3.05) is 23.9 Å². The smallest absolute Gasteiger partial charge is 0.266 e. The Balaban J connectivity index is 1.76. The van der Waals surface area contributed by atoms with Gasteiger partial charge in [-0.3, -0.25) is 4.79 Å². The van der Waals surface area contributed by atoms with E-state index < -0.39 is 0 Å². The minimum atomic E-state index is -0.202. The molecule has 0 spiro atoms. The van der Waals surface area contributed by atoms with E-state index in [4.69, 9.17) is 21.3 Å². The largest absolute Gasteiger partial charge is 0.495 e. The van der Waals surface area contributed by atoms with Crippen molar-refractivity contribution in [1.82, 2.24) is 9.97 Å². The minimum absolute atomic E-state index is 0.202. The van der Waals surface area contributed by atoms with E-state index in [9.17, 15) is 4.79 Å². The first kappa shape index (κ1) is 20.9. The SMILES string of the molecule is COc1ccc(Cl)cc1NC(=O)c1sc2nc(C)nc(N3CCCC[C@H]3C)c2c1C. The van der Waals surface area contributed by atoms with Crippen LogP contribution in [-0.2, 0) is 0 Å². The molecule has 3 heterocycles. The van der Waals surface area contributed by atoms with E-state index in [1.54, 1.807) is 25.3 Å². The Labute approximate surface area is 185 Å². The number of methoxy groups -OCH3 is 1. The molecule has 4 rings (SSSR count). The number of carbonyl (C=O) groups excluding carboxylic acids is 1. The molecule has 1 aliphatic heterocycles. The van der Waals surface area contributed by atoms with Crippen LogP contribution in [-0.4, -0.2) is 35.6 Å². The number of fused-ring (bicyclic) bond motifs is 1. The highest BCUT2D eigenvalue weighted by atomic mass is 35.5. The van der Waals surface area contributed by atoms with Gasteiger partial charge >= 0.3 is 0 Å².